The average molecular weight is 217 g/mol. The molecule has 0 amide bonds. The first-order valence-corrected chi connectivity index (χ1v) is 6.74. The summed E-state index contributed by atoms with van der Waals surface area (Å²) >= 11 is 2.08. The van der Waals surface area contributed by atoms with Crippen molar-refractivity contribution < 1.29 is 5.11 Å². The summed E-state index contributed by atoms with van der Waals surface area (Å²) in [6.45, 7) is 5.88. The third kappa shape index (κ3) is 4.20. The van der Waals surface area contributed by atoms with Crippen LogP contribution >= 0.6 is 11.8 Å². The number of nitrogens with one attached hydrogen (secondary N) is 1. The van der Waals surface area contributed by atoms with Gasteiger partial charge in [-0.3, -0.25) is 0 Å². The molecule has 0 saturated carbocycles. The predicted molar refractivity (Wildman–Crippen MR) is 63.8 cm³/mol. The Morgan fingerprint density at radius 2 is 2.36 bits per heavy atom. The smallest absolute Gasteiger partial charge is 0.0434 e. The highest BCUT2D eigenvalue weighted by Gasteiger charge is 2.21. The maximum Gasteiger partial charge on any atom is 0.0434 e. The quantitative estimate of drug-likeness (QED) is 0.737. The zero-order chi connectivity index (χ0) is 10.4. The van der Waals surface area contributed by atoms with Gasteiger partial charge in [-0.15, -0.1) is 0 Å². The van der Waals surface area contributed by atoms with Crippen LogP contribution in [0.3, 0.4) is 0 Å². The lowest BCUT2D eigenvalue weighted by atomic mass is 10.1. The average Bonchev–Trinajstić information content (AvgIpc) is 2.17. The minimum atomic E-state index is 0.317. The highest BCUT2D eigenvalue weighted by Crippen LogP contribution is 2.25. The number of aliphatic hydroxyl groups is 1. The van der Waals surface area contributed by atoms with E-state index in [1.54, 1.807) is 0 Å². The zero-order valence-electron chi connectivity index (χ0n) is 9.33. The van der Waals surface area contributed by atoms with Crippen LogP contribution in [0, 0.1) is 5.92 Å². The standard InChI is InChI=1S/C11H23NOS/c1-9(5-6-13)8-12-11-4-3-7-14-10(11)2/h9-13H,3-8H2,1-2H3. The second-order valence-electron chi connectivity index (χ2n) is 4.35. The molecule has 0 aromatic heterocycles. The summed E-state index contributed by atoms with van der Waals surface area (Å²) in [7, 11) is 0. The largest absolute Gasteiger partial charge is 0.396 e. The van der Waals surface area contributed by atoms with Crippen LogP contribution < -0.4 is 5.32 Å². The van der Waals surface area contributed by atoms with Crippen molar-refractivity contribution >= 4 is 11.8 Å². The van der Waals surface area contributed by atoms with Crippen molar-refractivity contribution in [3.8, 4) is 0 Å². The molecule has 0 aliphatic carbocycles. The Kier molecular flexibility index (Phi) is 5.90. The van der Waals surface area contributed by atoms with Crippen LogP contribution in [0.25, 0.3) is 0 Å². The predicted octanol–water partition coefficient (Wildman–Crippen LogP) is 1.88. The molecular formula is C11H23NOS. The monoisotopic (exact) mass is 217 g/mol. The van der Waals surface area contributed by atoms with E-state index in [-0.39, 0.29) is 0 Å². The van der Waals surface area contributed by atoms with Gasteiger partial charge in [0.1, 0.15) is 0 Å². The molecule has 1 aliphatic heterocycles. The lowest BCUT2D eigenvalue weighted by molar-refractivity contribution is 0.256. The molecular weight excluding hydrogens is 194 g/mol. The van der Waals surface area contributed by atoms with Gasteiger partial charge in [0.15, 0.2) is 0 Å². The second kappa shape index (κ2) is 6.70. The first-order chi connectivity index (χ1) is 6.74. The Bertz CT molecular complexity index is 154. The van der Waals surface area contributed by atoms with E-state index in [9.17, 15) is 0 Å². The molecule has 0 aromatic rings. The van der Waals surface area contributed by atoms with E-state index in [4.69, 9.17) is 5.11 Å². The van der Waals surface area contributed by atoms with Gasteiger partial charge in [-0.25, -0.2) is 0 Å². The van der Waals surface area contributed by atoms with Crippen LogP contribution in [0.1, 0.15) is 33.1 Å². The number of aliphatic hydroxyl groups excluding tert-OH is 1. The zero-order valence-corrected chi connectivity index (χ0v) is 10.1. The topological polar surface area (TPSA) is 32.3 Å². The molecule has 3 unspecified atom stereocenters. The van der Waals surface area contributed by atoms with E-state index in [2.05, 4.69) is 30.9 Å². The van der Waals surface area contributed by atoms with Gasteiger partial charge < -0.3 is 10.4 Å². The molecule has 2 nitrogen and oxygen atoms in total. The minimum Gasteiger partial charge on any atom is -0.396 e. The Balaban J connectivity index is 2.15. The van der Waals surface area contributed by atoms with Crippen molar-refractivity contribution in [2.75, 3.05) is 18.9 Å². The van der Waals surface area contributed by atoms with Gasteiger partial charge in [0.2, 0.25) is 0 Å². The summed E-state index contributed by atoms with van der Waals surface area (Å²) in [5, 5.41) is 13.2. The number of thioether (sulfide) groups is 1. The van der Waals surface area contributed by atoms with Crippen LogP contribution in [-0.2, 0) is 0 Å². The van der Waals surface area contributed by atoms with Gasteiger partial charge in [-0.1, -0.05) is 13.8 Å². The van der Waals surface area contributed by atoms with Gasteiger partial charge >= 0.3 is 0 Å². The molecule has 1 heterocycles. The van der Waals surface area contributed by atoms with E-state index in [0.29, 0.717) is 18.6 Å². The van der Waals surface area contributed by atoms with E-state index in [1.807, 2.05) is 0 Å². The number of hydrogen-bond donors (Lipinski definition) is 2. The van der Waals surface area contributed by atoms with Crippen LogP contribution in [0.2, 0.25) is 0 Å². The van der Waals surface area contributed by atoms with Crippen molar-refractivity contribution in [3.05, 3.63) is 0 Å². The number of hydrogen-bond acceptors (Lipinski definition) is 3. The van der Waals surface area contributed by atoms with Crippen LogP contribution in [0.5, 0.6) is 0 Å². The summed E-state index contributed by atoms with van der Waals surface area (Å²) in [6.07, 6.45) is 3.59. The Labute approximate surface area is 91.9 Å². The normalized spacial score (nSPS) is 30.2. The molecule has 3 heteroatoms. The molecule has 1 saturated heterocycles. The molecule has 0 radical (unpaired) electrons. The molecule has 3 atom stereocenters. The maximum absolute atomic E-state index is 8.79. The van der Waals surface area contributed by atoms with Gasteiger partial charge in [0.05, 0.1) is 0 Å². The second-order valence-corrected chi connectivity index (χ2v) is 5.84. The molecule has 14 heavy (non-hydrogen) atoms. The van der Waals surface area contributed by atoms with Crippen molar-refractivity contribution in [3.63, 3.8) is 0 Å². The number of rotatable bonds is 5. The molecule has 1 aliphatic rings. The highest BCUT2D eigenvalue weighted by molar-refractivity contribution is 7.99. The molecule has 0 spiro atoms. The summed E-state index contributed by atoms with van der Waals surface area (Å²) in [6, 6.07) is 0.690. The fraction of sp³-hybridized carbons (Fsp3) is 1.00. The van der Waals surface area contributed by atoms with Gasteiger partial charge in [-0.05, 0) is 37.5 Å². The Morgan fingerprint density at radius 3 is 3.00 bits per heavy atom. The SMILES string of the molecule is CC(CCO)CNC1CCCSC1C. The lowest BCUT2D eigenvalue weighted by Crippen LogP contribution is -2.41. The van der Waals surface area contributed by atoms with Crippen LogP contribution in [0.4, 0.5) is 0 Å². The first-order valence-electron chi connectivity index (χ1n) is 5.70. The van der Waals surface area contributed by atoms with Crippen LogP contribution in [-0.4, -0.2) is 35.3 Å². The van der Waals surface area contributed by atoms with Crippen molar-refractivity contribution in [1.82, 2.24) is 5.32 Å². The Hall–Kier alpha value is 0.270. The molecule has 0 aromatic carbocycles. The first kappa shape index (κ1) is 12.3. The fourth-order valence-electron chi connectivity index (χ4n) is 1.87. The maximum atomic E-state index is 8.79. The molecule has 0 bridgehead atoms. The van der Waals surface area contributed by atoms with E-state index < -0.39 is 0 Å². The lowest BCUT2D eigenvalue weighted by Gasteiger charge is -2.30. The van der Waals surface area contributed by atoms with Gasteiger partial charge in [0.25, 0.3) is 0 Å². The molecule has 2 N–H and O–H groups in total. The van der Waals surface area contributed by atoms with Gasteiger partial charge in [0, 0.05) is 17.9 Å². The summed E-state index contributed by atoms with van der Waals surface area (Å²) < 4.78 is 0. The van der Waals surface area contributed by atoms with E-state index >= 15 is 0 Å². The summed E-state index contributed by atoms with van der Waals surface area (Å²) in [5.41, 5.74) is 0. The van der Waals surface area contributed by atoms with Crippen molar-refractivity contribution in [1.29, 1.82) is 0 Å². The highest BCUT2D eigenvalue weighted by atomic mass is 32.2. The van der Waals surface area contributed by atoms with Crippen LogP contribution in [0.15, 0.2) is 0 Å². The van der Waals surface area contributed by atoms with Crippen molar-refractivity contribution in [2.45, 2.75) is 44.4 Å². The summed E-state index contributed by atoms with van der Waals surface area (Å²) in [4.78, 5) is 0. The van der Waals surface area contributed by atoms with Crippen molar-refractivity contribution in [2.24, 2.45) is 5.92 Å². The fourth-order valence-corrected chi connectivity index (χ4v) is 3.04. The third-order valence-corrected chi connectivity index (χ3v) is 4.34. The van der Waals surface area contributed by atoms with Gasteiger partial charge in [-0.2, -0.15) is 11.8 Å². The van der Waals surface area contributed by atoms with E-state index in [1.165, 1.54) is 18.6 Å². The molecule has 84 valence electrons. The Morgan fingerprint density at radius 1 is 1.57 bits per heavy atom. The molecule has 1 fully saturated rings. The minimum absolute atomic E-state index is 0.317. The third-order valence-electron chi connectivity index (χ3n) is 2.96. The molecule has 1 rings (SSSR count). The van der Waals surface area contributed by atoms with E-state index in [0.717, 1.165) is 18.2 Å². The summed E-state index contributed by atoms with van der Waals surface area (Å²) in [5.74, 6) is 1.92.